The third-order valence-corrected chi connectivity index (χ3v) is 3.68. The average molecular weight is 258 g/mol. The van der Waals surface area contributed by atoms with Crippen LogP contribution in [0.3, 0.4) is 0 Å². The number of aromatic nitrogens is 2. The smallest absolute Gasteiger partial charge is 0.140 e. The standard InChI is InChI=1S/C15H18N2O2/c1-19-12-6-4-5-11(9-12)15-16-13(10-18)14-7-2-3-8-17(14)15/h4-6,9,18H,2-3,7-8,10H2,1H3. The van der Waals surface area contributed by atoms with E-state index >= 15 is 0 Å². The molecule has 1 aliphatic heterocycles. The van der Waals surface area contributed by atoms with Gasteiger partial charge in [-0.05, 0) is 31.4 Å². The second-order valence-corrected chi connectivity index (χ2v) is 4.83. The van der Waals surface area contributed by atoms with Crippen molar-refractivity contribution in [3.8, 4) is 17.1 Å². The normalized spacial score (nSPS) is 14.2. The lowest BCUT2D eigenvalue weighted by Gasteiger charge is -2.17. The largest absolute Gasteiger partial charge is 0.497 e. The Morgan fingerprint density at radius 1 is 1.37 bits per heavy atom. The maximum Gasteiger partial charge on any atom is 0.140 e. The summed E-state index contributed by atoms with van der Waals surface area (Å²) in [6.45, 7) is 0.994. The van der Waals surface area contributed by atoms with E-state index in [-0.39, 0.29) is 6.61 Å². The number of nitrogens with zero attached hydrogens (tertiary/aromatic N) is 2. The Kier molecular flexibility index (Phi) is 3.25. The number of hydrogen-bond acceptors (Lipinski definition) is 3. The molecule has 2 heterocycles. The van der Waals surface area contributed by atoms with E-state index in [9.17, 15) is 5.11 Å². The van der Waals surface area contributed by atoms with Crippen LogP contribution in [-0.2, 0) is 19.6 Å². The van der Waals surface area contributed by atoms with E-state index in [2.05, 4.69) is 9.55 Å². The summed E-state index contributed by atoms with van der Waals surface area (Å²) >= 11 is 0. The van der Waals surface area contributed by atoms with Gasteiger partial charge in [0.1, 0.15) is 11.6 Å². The summed E-state index contributed by atoms with van der Waals surface area (Å²) in [5, 5.41) is 9.45. The molecule has 1 N–H and O–H groups in total. The topological polar surface area (TPSA) is 47.3 Å². The van der Waals surface area contributed by atoms with Crippen molar-refractivity contribution in [2.75, 3.05) is 7.11 Å². The fraction of sp³-hybridized carbons (Fsp3) is 0.400. The van der Waals surface area contributed by atoms with Gasteiger partial charge >= 0.3 is 0 Å². The predicted octanol–water partition coefficient (Wildman–Crippen LogP) is 2.39. The first-order valence-corrected chi connectivity index (χ1v) is 6.67. The molecule has 0 saturated heterocycles. The summed E-state index contributed by atoms with van der Waals surface area (Å²) in [5.41, 5.74) is 3.05. The van der Waals surface area contributed by atoms with E-state index in [0.717, 1.165) is 35.8 Å². The van der Waals surface area contributed by atoms with Crippen LogP contribution in [0.15, 0.2) is 24.3 Å². The molecule has 0 unspecified atom stereocenters. The number of methoxy groups -OCH3 is 1. The Morgan fingerprint density at radius 3 is 3.05 bits per heavy atom. The molecule has 4 heteroatoms. The Hall–Kier alpha value is -1.81. The first-order chi connectivity index (χ1) is 9.33. The average Bonchev–Trinajstić information content (AvgIpc) is 2.86. The number of imidazole rings is 1. The van der Waals surface area contributed by atoms with Gasteiger partial charge in [-0.25, -0.2) is 4.98 Å². The number of rotatable bonds is 3. The lowest BCUT2D eigenvalue weighted by molar-refractivity contribution is 0.275. The van der Waals surface area contributed by atoms with Gasteiger partial charge in [0, 0.05) is 17.8 Å². The van der Waals surface area contributed by atoms with Gasteiger partial charge in [-0.2, -0.15) is 0 Å². The van der Waals surface area contributed by atoms with Crippen molar-refractivity contribution in [3.05, 3.63) is 35.7 Å². The number of hydrogen-bond donors (Lipinski definition) is 1. The monoisotopic (exact) mass is 258 g/mol. The van der Waals surface area contributed by atoms with Gasteiger partial charge < -0.3 is 14.4 Å². The van der Waals surface area contributed by atoms with Crippen molar-refractivity contribution in [2.45, 2.75) is 32.4 Å². The summed E-state index contributed by atoms with van der Waals surface area (Å²) in [4.78, 5) is 4.61. The molecule has 0 atom stereocenters. The molecule has 100 valence electrons. The molecule has 0 amide bonds. The molecular weight excluding hydrogens is 240 g/mol. The van der Waals surface area contributed by atoms with Gasteiger partial charge in [0.2, 0.25) is 0 Å². The lowest BCUT2D eigenvalue weighted by Crippen LogP contribution is -2.12. The first-order valence-electron chi connectivity index (χ1n) is 6.67. The highest BCUT2D eigenvalue weighted by Crippen LogP contribution is 2.29. The van der Waals surface area contributed by atoms with Crippen LogP contribution in [0.1, 0.15) is 24.2 Å². The molecule has 1 aromatic carbocycles. The van der Waals surface area contributed by atoms with E-state index in [1.165, 1.54) is 18.5 Å². The second kappa shape index (κ2) is 5.05. The number of fused-ring (bicyclic) bond motifs is 1. The molecule has 0 saturated carbocycles. The number of aliphatic hydroxyl groups is 1. The van der Waals surface area contributed by atoms with Crippen LogP contribution in [0, 0.1) is 0 Å². The Labute approximate surface area is 112 Å². The molecule has 0 bridgehead atoms. The van der Waals surface area contributed by atoms with Crippen molar-refractivity contribution in [1.82, 2.24) is 9.55 Å². The van der Waals surface area contributed by atoms with Gasteiger partial charge in [0.05, 0.1) is 19.4 Å². The van der Waals surface area contributed by atoms with E-state index in [1.54, 1.807) is 7.11 Å². The molecule has 2 aromatic rings. The van der Waals surface area contributed by atoms with E-state index < -0.39 is 0 Å². The van der Waals surface area contributed by atoms with Gasteiger partial charge in [-0.15, -0.1) is 0 Å². The van der Waals surface area contributed by atoms with Crippen molar-refractivity contribution in [1.29, 1.82) is 0 Å². The van der Waals surface area contributed by atoms with Crippen LogP contribution in [0.2, 0.25) is 0 Å². The van der Waals surface area contributed by atoms with Crippen molar-refractivity contribution >= 4 is 0 Å². The van der Waals surface area contributed by atoms with Crippen LogP contribution in [-0.4, -0.2) is 21.8 Å². The van der Waals surface area contributed by atoms with Crippen LogP contribution < -0.4 is 4.74 Å². The lowest BCUT2D eigenvalue weighted by atomic mass is 10.1. The molecule has 0 radical (unpaired) electrons. The zero-order valence-corrected chi connectivity index (χ0v) is 11.1. The van der Waals surface area contributed by atoms with Crippen molar-refractivity contribution in [3.63, 3.8) is 0 Å². The Balaban J connectivity index is 2.11. The van der Waals surface area contributed by atoms with Gasteiger partial charge in [0.25, 0.3) is 0 Å². The maximum atomic E-state index is 9.45. The highest BCUT2D eigenvalue weighted by molar-refractivity contribution is 5.59. The maximum absolute atomic E-state index is 9.45. The highest BCUT2D eigenvalue weighted by atomic mass is 16.5. The highest BCUT2D eigenvalue weighted by Gasteiger charge is 2.20. The second-order valence-electron chi connectivity index (χ2n) is 4.83. The zero-order valence-electron chi connectivity index (χ0n) is 11.1. The molecule has 4 nitrogen and oxygen atoms in total. The molecule has 19 heavy (non-hydrogen) atoms. The Morgan fingerprint density at radius 2 is 2.26 bits per heavy atom. The third-order valence-electron chi connectivity index (χ3n) is 3.68. The molecule has 1 aromatic heterocycles. The van der Waals surface area contributed by atoms with E-state index in [4.69, 9.17) is 4.74 Å². The molecule has 0 aliphatic carbocycles. The summed E-state index contributed by atoms with van der Waals surface area (Å²) in [5.74, 6) is 1.77. The fourth-order valence-electron chi connectivity index (χ4n) is 2.73. The van der Waals surface area contributed by atoms with Crippen LogP contribution in [0.25, 0.3) is 11.4 Å². The van der Waals surface area contributed by atoms with E-state index in [1.807, 2.05) is 24.3 Å². The molecule has 1 aliphatic rings. The van der Waals surface area contributed by atoms with Crippen molar-refractivity contribution < 1.29 is 9.84 Å². The minimum atomic E-state index is 0.0132. The predicted molar refractivity (Wildman–Crippen MR) is 73.1 cm³/mol. The van der Waals surface area contributed by atoms with Crippen molar-refractivity contribution in [2.24, 2.45) is 0 Å². The number of aliphatic hydroxyl groups excluding tert-OH is 1. The minimum absolute atomic E-state index is 0.0132. The summed E-state index contributed by atoms with van der Waals surface area (Å²) in [6.07, 6.45) is 3.36. The van der Waals surface area contributed by atoms with E-state index in [0.29, 0.717) is 0 Å². The third kappa shape index (κ3) is 2.12. The first kappa shape index (κ1) is 12.2. The van der Waals surface area contributed by atoms with Gasteiger partial charge in [-0.3, -0.25) is 0 Å². The van der Waals surface area contributed by atoms with Crippen LogP contribution in [0.4, 0.5) is 0 Å². The van der Waals surface area contributed by atoms with Gasteiger partial charge in [-0.1, -0.05) is 12.1 Å². The molecule has 0 spiro atoms. The molecule has 3 rings (SSSR count). The minimum Gasteiger partial charge on any atom is -0.497 e. The molecule has 0 fully saturated rings. The number of benzene rings is 1. The molecular formula is C15H18N2O2. The zero-order chi connectivity index (χ0) is 13.2. The SMILES string of the molecule is COc1cccc(-c2nc(CO)c3n2CCCC3)c1. The summed E-state index contributed by atoms with van der Waals surface area (Å²) < 4.78 is 7.51. The quantitative estimate of drug-likeness (QED) is 0.919. The Bertz CT molecular complexity index is 590. The van der Waals surface area contributed by atoms with Crippen LogP contribution in [0.5, 0.6) is 5.75 Å². The summed E-state index contributed by atoms with van der Waals surface area (Å²) in [7, 11) is 1.67. The fourth-order valence-corrected chi connectivity index (χ4v) is 2.73. The summed E-state index contributed by atoms with van der Waals surface area (Å²) in [6, 6.07) is 7.92. The number of ether oxygens (including phenoxy) is 1. The van der Waals surface area contributed by atoms with Crippen LogP contribution >= 0.6 is 0 Å². The van der Waals surface area contributed by atoms with Gasteiger partial charge in [0.15, 0.2) is 0 Å².